The lowest BCUT2D eigenvalue weighted by Crippen LogP contribution is -2.23. The van der Waals surface area contributed by atoms with Crippen LogP contribution in [0.25, 0.3) is 33.6 Å². The smallest absolute Gasteiger partial charge is 0.259 e. The number of aryl methyl sites for hydroxylation is 2. The number of carbonyl (C=O) groups is 1. The van der Waals surface area contributed by atoms with Gasteiger partial charge in [-0.25, -0.2) is 4.98 Å². The van der Waals surface area contributed by atoms with E-state index in [2.05, 4.69) is 27.1 Å². The van der Waals surface area contributed by atoms with Crippen LogP contribution in [0.3, 0.4) is 0 Å². The summed E-state index contributed by atoms with van der Waals surface area (Å²) in [7, 11) is 1.84. The number of carbonyl (C=O) groups excluding carboxylic acids is 1. The molecule has 0 saturated carbocycles. The summed E-state index contributed by atoms with van der Waals surface area (Å²) in [5.74, 6) is -0.240. The van der Waals surface area contributed by atoms with E-state index in [9.17, 15) is 4.79 Å². The lowest BCUT2D eigenvalue weighted by atomic mass is 10.0. The van der Waals surface area contributed by atoms with Crippen LogP contribution < -0.4 is 5.32 Å². The van der Waals surface area contributed by atoms with Gasteiger partial charge in [0.2, 0.25) is 0 Å². The minimum atomic E-state index is -0.240. The molecule has 0 spiro atoms. The van der Waals surface area contributed by atoms with Gasteiger partial charge in [-0.3, -0.25) is 9.48 Å². The number of pyridine rings is 1. The minimum Gasteiger partial charge on any atom is -0.349 e. The predicted molar refractivity (Wildman–Crippen MR) is 107 cm³/mol. The number of aromatic nitrogens is 4. The van der Waals surface area contributed by atoms with Gasteiger partial charge in [0.15, 0.2) is 0 Å². The van der Waals surface area contributed by atoms with Crippen molar-refractivity contribution in [3.63, 3.8) is 0 Å². The van der Waals surface area contributed by atoms with Crippen molar-refractivity contribution in [3.05, 3.63) is 66.5 Å². The Morgan fingerprint density at radius 1 is 1.32 bits per heavy atom. The number of hydrogen-bond acceptors (Lipinski definition) is 5. The number of rotatable bonds is 5. The van der Waals surface area contributed by atoms with Gasteiger partial charge in [-0.15, -0.1) is 6.58 Å². The number of fused-ring (bicyclic) bond motifs is 1. The molecule has 140 valence electrons. The Morgan fingerprint density at radius 3 is 2.79 bits per heavy atom. The molecule has 0 atom stereocenters. The fourth-order valence-corrected chi connectivity index (χ4v) is 3.17. The molecule has 4 aromatic rings. The third-order valence-corrected chi connectivity index (χ3v) is 4.43. The Labute approximate surface area is 161 Å². The highest BCUT2D eigenvalue weighted by molar-refractivity contribution is 6.10. The van der Waals surface area contributed by atoms with Crippen molar-refractivity contribution in [3.8, 4) is 22.5 Å². The van der Waals surface area contributed by atoms with E-state index in [1.165, 1.54) is 0 Å². The van der Waals surface area contributed by atoms with Crippen molar-refractivity contribution in [2.24, 2.45) is 7.05 Å². The molecule has 0 aliphatic carbocycles. The fourth-order valence-electron chi connectivity index (χ4n) is 3.17. The number of amides is 1. The standard InChI is InChI=1S/C21H19N5O2/c1-4-10-22-20(27)15-11-17(16-12-26(3)24-13(16)2)23-21-18(15)19(25-28-21)14-8-6-5-7-9-14/h4-9,11-12H,1,10H2,2-3H3,(H,22,27). The number of benzene rings is 1. The van der Waals surface area contributed by atoms with E-state index in [1.807, 2.05) is 50.5 Å². The van der Waals surface area contributed by atoms with Crippen LogP contribution in [0.5, 0.6) is 0 Å². The number of hydrogen-bond donors (Lipinski definition) is 1. The van der Waals surface area contributed by atoms with Crippen LogP contribution in [0.2, 0.25) is 0 Å². The van der Waals surface area contributed by atoms with Gasteiger partial charge in [-0.05, 0) is 13.0 Å². The largest absolute Gasteiger partial charge is 0.349 e. The van der Waals surface area contributed by atoms with Gasteiger partial charge in [-0.2, -0.15) is 5.10 Å². The molecule has 1 amide bonds. The van der Waals surface area contributed by atoms with Crippen LogP contribution in [0.4, 0.5) is 0 Å². The Morgan fingerprint density at radius 2 is 2.11 bits per heavy atom. The summed E-state index contributed by atoms with van der Waals surface area (Å²) in [5.41, 5.74) is 4.45. The van der Waals surface area contributed by atoms with E-state index in [0.717, 1.165) is 16.8 Å². The second kappa shape index (κ2) is 7.11. The van der Waals surface area contributed by atoms with E-state index in [-0.39, 0.29) is 5.91 Å². The summed E-state index contributed by atoms with van der Waals surface area (Å²) in [6, 6.07) is 11.3. The summed E-state index contributed by atoms with van der Waals surface area (Å²) in [6.07, 6.45) is 3.50. The highest BCUT2D eigenvalue weighted by Crippen LogP contribution is 2.33. The normalized spacial score (nSPS) is 10.9. The van der Waals surface area contributed by atoms with E-state index in [0.29, 0.717) is 34.6 Å². The molecule has 3 heterocycles. The van der Waals surface area contributed by atoms with E-state index in [4.69, 9.17) is 4.52 Å². The Kier molecular flexibility index (Phi) is 4.49. The third-order valence-electron chi connectivity index (χ3n) is 4.43. The van der Waals surface area contributed by atoms with Crippen molar-refractivity contribution < 1.29 is 9.32 Å². The SMILES string of the molecule is C=CCNC(=O)c1cc(-c2cn(C)nc2C)nc2onc(-c3ccccc3)c12. The highest BCUT2D eigenvalue weighted by atomic mass is 16.5. The average Bonchev–Trinajstić information content (AvgIpc) is 3.28. The molecule has 0 saturated heterocycles. The molecular formula is C21H19N5O2. The molecule has 0 bridgehead atoms. The Hall–Kier alpha value is -3.74. The Bertz CT molecular complexity index is 1170. The van der Waals surface area contributed by atoms with Crippen molar-refractivity contribution >= 4 is 17.0 Å². The molecule has 1 aromatic carbocycles. The molecule has 0 aliphatic heterocycles. The number of nitrogens with one attached hydrogen (secondary N) is 1. The van der Waals surface area contributed by atoms with Gasteiger partial charge in [0, 0.05) is 30.9 Å². The molecule has 3 aromatic heterocycles. The van der Waals surface area contributed by atoms with Gasteiger partial charge in [0.1, 0.15) is 5.69 Å². The molecule has 0 aliphatic rings. The first-order valence-electron chi connectivity index (χ1n) is 8.84. The molecular weight excluding hydrogens is 354 g/mol. The van der Waals surface area contributed by atoms with Crippen molar-refractivity contribution in [1.82, 2.24) is 25.2 Å². The lowest BCUT2D eigenvalue weighted by Gasteiger charge is -2.07. The minimum absolute atomic E-state index is 0.240. The summed E-state index contributed by atoms with van der Waals surface area (Å²) < 4.78 is 7.23. The van der Waals surface area contributed by atoms with Crippen molar-refractivity contribution in [1.29, 1.82) is 0 Å². The zero-order valence-electron chi connectivity index (χ0n) is 15.6. The average molecular weight is 373 g/mol. The summed E-state index contributed by atoms with van der Waals surface area (Å²) >= 11 is 0. The summed E-state index contributed by atoms with van der Waals surface area (Å²) in [4.78, 5) is 17.5. The first-order chi connectivity index (χ1) is 13.6. The fraction of sp³-hybridized carbons (Fsp3) is 0.143. The van der Waals surface area contributed by atoms with Crippen LogP contribution in [-0.4, -0.2) is 32.4 Å². The highest BCUT2D eigenvalue weighted by Gasteiger charge is 2.22. The molecule has 1 N–H and O–H groups in total. The van der Waals surface area contributed by atoms with E-state index in [1.54, 1.807) is 16.8 Å². The van der Waals surface area contributed by atoms with Gasteiger partial charge in [0.05, 0.1) is 22.3 Å². The quantitative estimate of drug-likeness (QED) is 0.541. The van der Waals surface area contributed by atoms with E-state index < -0.39 is 0 Å². The maximum atomic E-state index is 12.9. The third kappa shape index (κ3) is 3.07. The van der Waals surface area contributed by atoms with Crippen LogP contribution in [0, 0.1) is 6.92 Å². The lowest BCUT2D eigenvalue weighted by molar-refractivity contribution is 0.0959. The predicted octanol–water partition coefficient (Wildman–Crippen LogP) is 3.51. The monoisotopic (exact) mass is 373 g/mol. The van der Waals surface area contributed by atoms with Crippen LogP contribution in [0.1, 0.15) is 16.1 Å². The van der Waals surface area contributed by atoms with Crippen molar-refractivity contribution in [2.45, 2.75) is 6.92 Å². The van der Waals surface area contributed by atoms with Gasteiger partial charge < -0.3 is 9.84 Å². The summed E-state index contributed by atoms with van der Waals surface area (Å²) in [6.45, 7) is 5.91. The van der Waals surface area contributed by atoms with Gasteiger partial charge in [-0.1, -0.05) is 41.6 Å². The van der Waals surface area contributed by atoms with Crippen molar-refractivity contribution in [2.75, 3.05) is 6.54 Å². The molecule has 0 unspecified atom stereocenters. The maximum Gasteiger partial charge on any atom is 0.259 e. The van der Waals surface area contributed by atoms with Crippen LogP contribution >= 0.6 is 0 Å². The molecule has 0 radical (unpaired) electrons. The molecule has 0 fully saturated rings. The Balaban J connectivity index is 1.96. The van der Waals surface area contributed by atoms with Crippen LogP contribution in [-0.2, 0) is 7.05 Å². The molecule has 28 heavy (non-hydrogen) atoms. The first-order valence-corrected chi connectivity index (χ1v) is 8.84. The zero-order valence-corrected chi connectivity index (χ0v) is 15.6. The zero-order chi connectivity index (χ0) is 19.7. The molecule has 7 heteroatoms. The first kappa shape index (κ1) is 17.7. The maximum absolute atomic E-state index is 12.9. The second-order valence-electron chi connectivity index (χ2n) is 6.43. The summed E-state index contributed by atoms with van der Waals surface area (Å²) in [5, 5.41) is 12.0. The van der Waals surface area contributed by atoms with E-state index >= 15 is 0 Å². The second-order valence-corrected chi connectivity index (χ2v) is 6.43. The van der Waals surface area contributed by atoms with Crippen LogP contribution in [0.15, 0.2) is 59.8 Å². The van der Waals surface area contributed by atoms with Gasteiger partial charge >= 0.3 is 0 Å². The number of nitrogens with zero attached hydrogens (tertiary/aromatic N) is 4. The molecule has 7 nitrogen and oxygen atoms in total. The topological polar surface area (TPSA) is 85.8 Å². The molecule has 4 rings (SSSR count). The van der Waals surface area contributed by atoms with Gasteiger partial charge in [0.25, 0.3) is 11.6 Å².